The van der Waals surface area contributed by atoms with Crippen LogP contribution in [0, 0.1) is 23.1 Å². The molecule has 3 aliphatic heterocycles. The van der Waals surface area contributed by atoms with Crippen LogP contribution in [0.15, 0.2) is 59.6 Å². The second-order valence-corrected chi connectivity index (χ2v) is 10.3. The molecule has 2 aromatic rings. The quantitative estimate of drug-likeness (QED) is 0.682. The van der Waals surface area contributed by atoms with Crippen molar-refractivity contribution in [3.63, 3.8) is 0 Å². The minimum atomic E-state index is -0.930. The number of amides is 2. The maximum absolute atomic E-state index is 13.8. The van der Waals surface area contributed by atoms with E-state index in [0.29, 0.717) is 6.42 Å². The van der Waals surface area contributed by atoms with Crippen molar-refractivity contribution in [2.24, 2.45) is 16.6 Å². The zero-order valence-electron chi connectivity index (χ0n) is 19.6. The molecular weight excluding hydrogens is 481 g/mol. The van der Waals surface area contributed by atoms with Gasteiger partial charge in [0, 0.05) is 23.7 Å². The molecule has 36 heavy (non-hydrogen) atoms. The molecule has 0 radical (unpaired) electrons. The minimum absolute atomic E-state index is 0.0292. The number of hydrogen-bond acceptors (Lipinski definition) is 7. The number of rotatable bonds is 4. The largest absolute Gasteiger partial charge is 0.445 e. The molecule has 3 heterocycles. The number of nitrogens with two attached hydrogens (primary N) is 1. The molecule has 3 unspecified atom stereocenters. The van der Waals surface area contributed by atoms with Gasteiger partial charge >= 0.3 is 6.09 Å². The van der Waals surface area contributed by atoms with E-state index in [1.54, 1.807) is 13.1 Å². The number of guanidine groups is 1. The van der Waals surface area contributed by atoms with Gasteiger partial charge in [-0.3, -0.25) is 9.69 Å². The molecule has 5 rings (SSSR count). The number of nitriles is 1. The summed E-state index contributed by atoms with van der Waals surface area (Å²) in [6, 6.07) is 15.7. The zero-order valence-corrected chi connectivity index (χ0v) is 20.4. The molecule has 0 saturated carbocycles. The Hall–Kier alpha value is -3.84. The number of hydrogen-bond donors (Lipinski definition) is 1. The van der Waals surface area contributed by atoms with Crippen LogP contribution in [0.2, 0.25) is 0 Å². The summed E-state index contributed by atoms with van der Waals surface area (Å²) in [5.41, 5.74) is 6.78. The lowest BCUT2D eigenvalue weighted by molar-refractivity contribution is -0.132. The highest BCUT2D eigenvalue weighted by Gasteiger charge is 2.60. The lowest BCUT2D eigenvalue weighted by atomic mass is 9.81. The summed E-state index contributed by atoms with van der Waals surface area (Å²) in [4.78, 5) is 34.8. The van der Waals surface area contributed by atoms with Gasteiger partial charge in [0.1, 0.15) is 24.0 Å². The molecule has 2 aromatic carbocycles. The Kier molecular flexibility index (Phi) is 6.18. The Balaban J connectivity index is 1.39. The number of aliphatic imine (C=N–C) groups is 1. The third-order valence-electron chi connectivity index (χ3n) is 6.92. The molecule has 3 atom stereocenters. The number of halogens is 1. The van der Waals surface area contributed by atoms with E-state index in [9.17, 15) is 19.2 Å². The number of allylic oxidation sites excluding steroid dienone is 1. The number of carbonyl (C=O) groups excluding carboxylic acids is 2. The average Bonchev–Trinajstić information content (AvgIpc) is 3.54. The number of likely N-dealkylation sites (tertiary alicyclic amines) is 1. The molecule has 184 valence electrons. The lowest BCUT2D eigenvalue weighted by Gasteiger charge is -2.40. The van der Waals surface area contributed by atoms with Crippen molar-refractivity contribution in [2.45, 2.75) is 23.8 Å². The third kappa shape index (κ3) is 4.09. The standard InChI is InChI=1S/C26H24FN5O3S/c1-31-23(33)19-13-32(25(34)35-14-16-5-3-2-4-6-16)15-26(19,30-24(31)29)22-10-9-21(36-22)17-7-8-20(27)18(11-17)12-28/h2-9,11,19,22H,10,13-15H2,1H3,(H2,29,30). The van der Waals surface area contributed by atoms with E-state index in [2.05, 4.69) is 0 Å². The molecule has 10 heteroatoms. The molecule has 0 spiro atoms. The van der Waals surface area contributed by atoms with Gasteiger partial charge in [0.15, 0.2) is 5.96 Å². The first-order chi connectivity index (χ1) is 17.3. The second kappa shape index (κ2) is 9.32. The van der Waals surface area contributed by atoms with Crippen molar-refractivity contribution in [3.05, 3.63) is 77.1 Å². The van der Waals surface area contributed by atoms with Gasteiger partial charge in [0.25, 0.3) is 0 Å². The van der Waals surface area contributed by atoms with Crippen LogP contribution in [0.3, 0.4) is 0 Å². The van der Waals surface area contributed by atoms with Crippen molar-refractivity contribution >= 4 is 34.6 Å². The second-order valence-electron chi connectivity index (χ2n) is 9.05. The Labute approximate surface area is 212 Å². The molecular formula is C26H24FN5O3S. The Morgan fingerprint density at radius 3 is 2.86 bits per heavy atom. The van der Waals surface area contributed by atoms with Crippen molar-refractivity contribution in [1.82, 2.24) is 9.80 Å². The smallest absolute Gasteiger partial charge is 0.410 e. The van der Waals surface area contributed by atoms with E-state index in [1.165, 1.54) is 33.7 Å². The Morgan fingerprint density at radius 2 is 2.11 bits per heavy atom. The van der Waals surface area contributed by atoms with Crippen LogP contribution in [-0.2, 0) is 16.1 Å². The molecule has 2 N–H and O–H groups in total. The molecule has 8 nitrogen and oxygen atoms in total. The van der Waals surface area contributed by atoms with Gasteiger partial charge in [-0.25, -0.2) is 14.2 Å². The van der Waals surface area contributed by atoms with Crippen LogP contribution in [-0.4, -0.2) is 58.7 Å². The van der Waals surface area contributed by atoms with E-state index < -0.39 is 23.4 Å². The normalized spacial score (nSPS) is 25.2. The fraction of sp³-hybridized carbons (Fsp3) is 0.308. The first kappa shape index (κ1) is 23.9. The van der Waals surface area contributed by atoms with Crippen molar-refractivity contribution < 1.29 is 18.7 Å². The van der Waals surface area contributed by atoms with E-state index >= 15 is 0 Å². The van der Waals surface area contributed by atoms with Gasteiger partial charge in [-0.2, -0.15) is 5.26 Å². The van der Waals surface area contributed by atoms with E-state index in [0.717, 1.165) is 16.0 Å². The summed E-state index contributed by atoms with van der Waals surface area (Å²) in [7, 11) is 1.58. The molecule has 1 fully saturated rings. The number of fused-ring (bicyclic) bond motifs is 1. The van der Waals surface area contributed by atoms with E-state index in [4.69, 9.17) is 15.5 Å². The van der Waals surface area contributed by atoms with Crippen LogP contribution in [0.25, 0.3) is 4.91 Å². The number of carbonyl (C=O) groups is 2. The predicted molar refractivity (Wildman–Crippen MR) is 134 cm³/mol. The monoisotopic (exact) mass is 505 g/mol. The highest BCUT2D eigenvalue weighted by molar-refractivity contribution is 8.09. The highest BCUT2D eigenvalue weighted by atomic mass is 32.2. The SMILES string of the molecule is CN1C(=O)C2CN(C(=O)OCc3ccccc3)CC2(C2CC=C(c3ccc(F)c(C#N)c3)S2)N=C1N. The summed E-state index contributed by atoms with van der Waals surface area (Å²) in [5, 5.41) is 9.02. The molecule has 0 aromatic heterocycles. The third-order valence-corrected chi connectivity index (χ3v) is 8.47. The maximum atomic E-state index is 13.8. The molecule has 0 aliphatic carbocycles. The van der Waals surface area contributed by atoms with Crippen molar-refractivity contribution in [2.75, 3.05) is 20.1 Å². The van der Waals surface area contributed by atoms with Gasteiger partial charge < -0.3 is 15.4 Å². The molecule has 3 aliphatic rings. The van der Waals surface area contributed by atoms with Gasteiger partial charge in [0.05, 0.1) is 18.0 Å². The summed E-state index contributed by atoms with van der Waals surface area (Å²) < 4.78 is 19.4. The van der Waals surface area contributed by atoms with E-state index in [1.807, 2.05) is 42.5 Å². The summed E-state index contributed by atoms with van der Waals surface area (Å²) in [6.07, 6.45) is 2.07. The Bertz CT molecular complexity index is 1320. The van der Waals surface area contributed by atoms with Crippen LogP contribution in [0.5, 0.6) is 0 Å². The Morgan fingerprint density at radius 1 is 1.33 bits per heavy atom. The minimum Gasteiger partial charge on any atom is -0.445 e. The molecule has 1 saturated heterocycles. The van der Waals surface area contributed by atoms with Crippen molar-refractivity contribution in [3.8, 4) is 6.07 Å². The lowest BCUT2D eigenvalue weighted by Crippen LogP contribution is -2.59. The van der Waals surface area contributed by atoms with Crippen LogP contribution in [0.4, 0.5) is 9.18 Å². The van der Waals surface area contributed by atoms with Gasteiger partial charge in [-0.05, 0) is 29.7 Å². The first-order valence-electron chi connectivity index (χ1n) is 11.5. The summed E-state index contributed by atoms with van der Waals surface area (Å²) >= 11 is 1.51. The van der Waals surface area contributed by atoms with Crippen LogP contribution >= 0.6 is 11.8 Å². The fourth-order valence-corrected chi connectivity index (χ4v) is 6.42. The topological polar surface area (TPSA) is 112 Å². The first-order valence-corrected chi connectivity index (χ1v) is 12.4. The van der Waals surface area contributed by atoms with Crippen LogP contribution < -0.4 is 5.73 Å². The zero-order chi connectivity index (χ0) is 25.4. The van der Waals surface area contributed by atoms with Gasteiger partial charge in [-0.1, -0.05) is 42.5 Å². The summed E-state index contributed by atoms with van der Waals surface area (Å²) in [6.45, 7) is 0.495. The molecule has 0 bridgehead atoms. The predicted octanol–water partition coefficient (Wildman–Crippen LogP) is 3.34. The van der Waals surface area contributed by atoms with Gasteiger partial charge in [-0.15, -0.1) is 11.8 Å². The summed E-state index contributed by atoms with van der Waals surface area (Å²) in [5.74, 6) is -1.23. The number of thioether (sulfide) groups is 1. The van der Waals surface area contributed by atoms with Crippen molar-refractivity contribution in [1.29, 1.82) is 5.26 Å². The van der Waals surface area contributed by atoms with Crippen LogP contribution in [0.1, 0.15) is 23.1 Å². The van der Waals surface area contributed by atoms with E-state index in [-0.39, 0.29) is 42.4 Å². The van der Waals surface area contributed by atoms with Gasteiger partial charge in [0.2, 0.25) is 5.91 Å². The molecule has 2 amide bonds. The number of benzene rings is 2. The fourth-order valence-electron chi connectivity index (χ4n) is 4.97. The average molecular weight is 506 g/mol. The highest BCUT2D eigenvalue weighted by Crippen LogP contribution is 2.51. The number of nitrogens with zero attached hydrogens (tertiary/aromatic N) is 4. The maximum Gasteiger partial charge on any atom is 0.410 e. The number of ether oxygens (including phenoxy) is 1.